The van der Waals surface area contributed by atoms with Crippen LogP contribution in [0.5, 0.6) is 0 Å². The molecule has 3 rings (SSSR count). The molecule has 2 aliphatic heterocycles. The molecule has 9 nitrogen and oxygen atoms in total. The summed E-state index contributed by atoms with van der Waals surface area (Å²) in [7, 11) is -3.16. The van der Waals surface area contributed by atoms with Gasteiger partial charge in [0, 0.05) is 18.3 Å². The van der Waals surface area contributed by atoms with Crippen molar-refractivity contribution in [2.45, 2.75) is 43.3 Å². The second-order valence-corrected chi connectivity index (χ2v) is 10.2. The van der Waals surface area contributed by atoms with E-state index in [2.05, 4.69) is 10.3 Å². The molecule has 3 atom stereocenters. The average molecular weight is 446 g/mol. The highest BCUT2D eigenvalue weighted by molar-refractivity contribution is 7.90. The fraction of sp³-hybridized carbons (Fsp3) is 0.556. The molecule has 30 heavy (non-hydrogen) atoms. The molecule has 0 unspecified atom stereocenters. The predicted octanol–water partition coefficient (Wildman–Crippen LogP) is 1.50. The summed E-state index contributed by atoms with van der Waals surface area (Å²) in [6.07, 6.45) is -2.32. The summed E-state index contributed by atoms with van der Waals surface area (Å²) in [6, 6.07) is 3.61. The van der Waals surface area contributed by atoms with Gasteiger partial charge < -0.3 is 15.2 Å². The van der Waals surface area contributed by atoms with Crippen molar-refractivity contribution in [2.24, 2.45) is 4.99 Å². The van der Waals surface area contributed by atoms with Crippen LogP contribution in [0, 0.1) is 5.82 Å². The third kappa shape index (κ3) is 3.69. The van der Waals surface area contributed by atoms with Crippen LogP contribution in [0.3, 0.4) is 0 Å². The number of sulfonamides is 1. The maximum absolute atomic E-state index is 14.8. The minimum atomic E-state index is -4.32. The molecule has 1 saturated heterocycles. The van der Waals surface area contributed by atoms with Crippen LogP contribution in [-0.4, -0.2) is 62.1 Å². The molecule has 2 heterocycles. The maximum atomic E-state index is 14.8. The number of nitrogens with zero attached hydrogens (tertiary/aromatic N) is 2. The molecule has 2 aliphatic rings. The number of anilines is 1. The fourth-order valence-electron chi connectivity index (χ4n) is 3.59. The van der Waals surface area contributed by atoms with E-state index in [4.69, 9.17) is 15.2 Å². The lowest BCUT2D eigenvalue weighted by Crippen LogP contribution is -2.60. The minimum Gasteiger partial charge on any atom is -0.444 e. The maximum Gasteiger partial charge on any atom is 0.414 e. The molecular weight excluding hydrogens is 422 g/mol. The number of amides is 1. The molecule has 0 aromatic heterocycles. The van der Waals surface area contributed by atoms with Crippen LogP contribution in [-0.2, 0) is 25.0 Å². The van der Waals surface area contributed by atoms with E-state index in [1.807, 2.05) is 0 Å². The Morgan fingerprint density at radius 2 is 2.13 bits per heavy atom. The zero-order valence-electron chi connectivity index (χ0n) is 17.0. The molecule has 166 valence electrons. The van der Waals surface area contributed by atoms with Crippen molar-refractivity contribution in [3.8, 4) is 0 Å². The van der Waals surface area contributed by atoms with Crippen LogP contribution in [0.1, 0.15) is 26.3 Å². The number of carbonyl (C=O) groups is 1. The first-order valence-electron chi connectivity index (χ1n) is 9.12. The number of guanidine groups is 1. The number of alkyl carbamates (subject to hydrolysis) is 1. The lowest BCUT2D eigenvalue weighted by molar-refractivity contribution is 0.0558. The SMILES string of the molecule is CN1C(NC(=O)OC(C)(C)C)=N[C@@]2(c3cc(N)ccc3F)CO[C@H](CF)[C@H]2S1(=O)=O. The molecule has 1 fully saturated rings. The molecule has 0 radical (unpaired) electrons. The number of hydrogen-bond acceptors (Lipinski definition) is 7. The topological polar surface area (TPSA) is 123 Å². The quantitative estimate of drug-likeness (QED) is 0.664. The number of hydrogen-bond donors (Lipinski definition) is 2. The van der Waals surface area contributed by atoms with Crippen molar-refractivity contribution in [1.29, 1.82) is 0 Å². The second kappa shape index (κ2) is 7.34. The normalized spacial score (nSPS) is 27.9. The van der Waals surface area contributed by atoms with E-state index >= 15 is 0 Å². The van der Waals surface area contributed by atoms with Gasteiger partial charge in [0.05, 0.1) is 6.61 Å². The van der Waals surface area contributed by atoms with E-state index in [0.717, 1.165) is 13.1 Å². The molecule has 0 aliphatic carbocycles. The van der Waals surface area contributed by atoms with Crippen molar-refractivity contribution in [3.63, 3.8) is 0 Å². The van der Waals surface area contributed by atoms with Crippen LogP contribution in [0.4, 0.5) is 19.3 Å². The highest BCUT2D eigenvalue weighted by Gasteiger charge is 2.62. The third-order valence-electron chi connectivity index (χ3n) is 4.85. The number of nitrogens with two attached hydrogens (primary N) is 1. The first kappa shape index (κ1) is 22.2. The number of nitrogen functional groups attached to an aromatic ring is 1. The van der Waals surface area contributed by atoms with Gasteiger partial charge in [-0.15, -0.1) is 0 Å². The van der Waals surface area contributed by atoms with Crippen molar-refractivity contribution in [2.75, 3.05) is 26.1 Å². The number of carbonyl (C=O) groups excluding carboxylic acids is 1. The number of aliphatic imine (C=N–C) groups is 1. The van der Waals surface area contributed by atoms with Crippen molar-refractivity contribution in [3.05, 3.63) is 29.6 Å². The summed E-state index contributed by atoms with van der Waals surface area (Å²) < 4.78 is 66.2. The number of rotatable bonds is 2. The van der Waals surface area contributed by atoms with Gasteiger partial charge in [0.1, 0.15) is 35.0 Å². The summed E-state index contributed by atoms with van der Waals surface area (Å²) >= 11 is 0. The van der Waals surface area contributed by atoms with Crippen LogP contribution < -0.4 is 11.1 Å². The lowest BCUT2D eigenvalue weighted by Gasteiger charge is -2.40. The molecule has 0 bridgehead atoms. The van der Waals surface area contributed by atoms with E-state index in [1.54, 1.807) is 20.8 Å². The van der Waals surface area contributed by atoms with E-state index < -0.39 is 63.7 Å². The second-order valence-electron chi connectivity index (χ2n) is 8.16. The van der Waals surface area contributed by atoms with Gasteiger partial charge >= 0.3 is 6.09 Å². The first-order chi connectivity index (χ1) is 13.8. The molecule has 12 heteroatoms. The number of fused-ring (bicyclic) bond motifs is 1. The molecular formula is C18H24F2N4O5S. The molecule has 0 saturated carbocycles. The number of ether oxygens (including phenoxy) is 2. The molecule has 1 aromatic rings. The Bertz CT molecular complexity index is 995. The third-order valence-corrected chi connectivity index (χ3v) is 7.13. The lowest BCUT2D eigenvalue weighted by atomic mass is 9.86. The summed E-state index contributed by atoms with van der Waals surface area (Å²) in [6.45, 7) is 3.36. The zero-order valence-corrected chi connectivity index (χ0v) is 17.8. The molecule has 1 amide bonds. The fourth-order valence-corrected chi connectivity index (χ4v) is 5.53. The smallest absolute Gasteiger partial charge is 0.414 e. The highest BCUT2D eigenvalue weighted by Crippen LogP contribution is 2.46. The van der Waals surface area contributed by atoms with E-state index in [1.165, 1.54) is 12.1 Å². The zero-order chi connectivity index (χ0) is 22.5. The van der Waals surface area contributed by atoms with Gasteiger partial charge in [0.15, 0.2) is 0 Å². The molecule has 3 N–H and O–H groups in total. The largest absolute Gasteiger partial charge is 0.444 e. The Balaban J connectivity index is 2.18. The Hall–Kier alpha value is -2.47. The summed E-state index contributed by atoms with van der Waals surface area (Å²) in [5.74, 6) is -1.18. The van der Waals surface area contributed by atoms with E-state index in [0.29, 0.717) is 4.31 Å². The Morgan fingerprint density at radius 3 is 2.73 bits per heavy atom. The van der Waals surface area contributed by atoms with Gasteiger partial charge in [-0.05, 0) is 39.0 Å². The monoisotopic (exact) mass is 446 g/mol. The van der Waals surface area contributed by atoms with Gasteiger partial charge in [-0.1, -0.05) is 0 Å². The van der Waals surface area contributed by atoms with Crippen molar-refractivity contribution in [1.82, 2.24) is 9.62 Å². The minimum absolute atomic E-state index is 0.163. The number of nitrogens with one attached hydrogen (secondary N) is 1. The van der Waals surface area contributed by atoms with E-state index in [9.17, 15) is 22.0 Å². The summed E-state index contributed by atoms with van der Waals surface area (Å²) in [5, 5.41) is 0.732. The number of alkyl halides is 1. The molecule has 1 aromatic carbocycles. The first-order valence-corrected chi connectivity index (χ1v) is 10.6. The van der Waals surface area contributed by atoms with Crippen LogP contribution in [0.25, 0.3) is 0 Å². The Labute approximate surface area is 173 Å². The van der Waals surface area contributed by atoms with Gasteiger partial charge in [-0.2, -0.15) is 0 Å². The average Bonchev–Trinajstić information content (AvgIpc) is 3.00. The predicted molar refractivity (Wildman–Crippen MR) is 105 cm³/mol. The van der Waals surface area contributed by atoms with Crippen molar-refractivity contribution < 1.29 is 31.5 Å². The van der Waals surface area contributed by atoms with Gasteiger partial charge in [-0.3, -0.25) is 5.32 Å². The van der Waals surface area contributed by atoms with Crippen molar-refractivity contribution >= 4 is 27.8 Å². The van der Waals surface area contributed by atoms with Crippen LogP contribution >= 0.6 is 0 Å². The Kier molecular flexibility index (Phi) is 5.44. The number of benzene rings is 1. The molecule has 0 spiro atoms. The summed E-state index contributed by atoms with van der Waals surface area (Å²) in [5.41, 5.74) is 3.09. The van der Waals surface area contributed by atoms with Gasteiger partial charge in [-0.25, -0.2) is 31.3 Å². The highest BCUT2D eigenvalue weighted by atomic mass is 32.2. The van der Waals surface area contributed by atoms with Gasteiger partial charge in [0.25, 0.3) is 0 Å². The standard InChI is InChI=1S/C18H24F2N4O5S/c1-17(2,3)29-16(25)22-15-23-18(11-7-10(21)5-6-12(11)20)9-28-13(8-19)14(18)30(26,27)24(15)4/h5-7,13-14H,8-9,21H2,1-4H3,(H,22,23,25)/t13-,14-,18-/m1/s1. The number of halogens is 2. The Morgan fingerprint density at radius 1 is 1.47 bits per heavy atom. The van der Waals surface area contributed by atoms with E-state index in [-0.39, 0.29) is 11.3 Å². The van der Waals surface area contributed by atoms with Crippen LogP contribution in [0.15, 0.2) is 23.2 Å². The van der Waals surface area contributed by atoms with Gasteiger partial charge in [0.2, 0.25) is 16.0 Å². The van der Waals surface area contributed by atoms with Crippen LogP contribution in [0.2, 0.25) is 0 Å². The summed E-state index contributed by atoms with van der Waals surface area (Å²) in [4.78, 5) is 16.6.